The van der Waals surface area contributed by atoms with E-state index in [-0.39, 0.29) is 0 Å². The molecule has 0 radical (unpaired) electrons. The Hall–Kier alpha value is -0.580. The van der Waals surface area contributed by atoms with E-state index >= 15 is 0 Å². The highest BCUT2D eigenvalue weighted by Crippen LogP contribution is 2.35. The van der Waals surface area contributed by atoms with Crippen molar-refractivity contribution in [1.82, 2.24) is 4.90 Å². The summed E-state index contributed by atoms with van der Waals surface area (Å²) in [6.07, 6.45) is 1.41. The molecule has 1 fully saturated rings. The van der Waals surface area contributed by atoms with Crippen molar-refractivity contribution in [3.8, 4) is 0 Å². The van der Waals surface area contributed by atoms with Gasteiger partial charge in [-0.1, -0.05) is 24.6 Å². The summed E-state index contributed by atoms with van der Waals surface area (Å²) in [4.78, 5) is 13.6. The predicted octanol–water partition coefficient (Wildman–Crippen LogP) is 3.79. The quantitative estimate of drug-likeness (QED) is 0.902. The van der Waals surface area contributed by atoms with Gasteiger partial charge in [-0.05, 0) is 53.0 Å². The third-order valence-corrected chi connectivity index (χ3v) is 5.17. The normalized spacial score (nSPS) is 23.7. The number of carboxylic acids is 1. The highest BCUT2D eigenvalue weighted by Gasteiger charge is 2.42. The van der Waals surface area contributed by atoms with Crippen LogP contribution in [0.1, 0.15) is 25.3 Å². The fraction of sp³-hybridized carbons (Fsp3) is 0.500. The summed E-state index contributed by atoms with van der Waals surface area (Å²) in [6.45, 7) is 4.18. The molecule has 1 aromatic rings. The fourth-order valence-electron chi connectivity index (χ4n) is 2.60. The summed E-state index contributed by atoms with van der Waals surface area (Å²) < 4.78 is 0.880. The van der Waals surface area contributed by atoms with Gasteiger partial charge in [0.05, 0.1) is 10.4 Å². The first-order valence-electron chi connectivity index (χ1n) is 6.36. The second-order valence-corrected chi connectivity index (χ2v) is 6.41. The minimum atomic E-state index is -0.671. The van der Waals surface area contributed by atoms with Crippen molar-refractivity contribution in [2.75, 3.05) is 13.1 Å². The Balaban J connectivity index is 2.05. The standard InChI is InChI=1S/C14H17BrClNO2/c1-2-14(13(18)19)5-6-17(9-14)8-10-3-4-12(16)11(15)7-10/h3-4,7H,2,5-6,8-9H2,1H3,(H,18,19). The minimum absolute atomic E-state index is 0.566. The molecule has 1 aromatic carbocycles. The van der Waals surface area contributed by atoms with Crippen molar-refractivity contribution < 1.29 is 9.90 Å². The first-order valence-corrected chi connectivity index (χ1v) is 7.53. The van der Waals surface area contributed by atoms with Crippen LogP contribution in [-0.4, -0.2) is 29.1 Å². The Morgan fingerprint density at radius 1 is 1.58 bits per heavy atom. The third-order valence-electron chi connectivity index (χ3n) is 3.95. The number of hydrogen-bond donors (Lipinski definition) is 1. The molecule has 3 nitrogen and oxygen atoms in total. The van der Waals surface area contributed by atoms with E-state index < -0.39 is 11.4 Å². The number of halogens is 2. The lowest BCUT2D eigenvalue weighted by atomic mass is 9.84. The lowest BCUT2D eigenvalue weighted by Crippen LogP contribution is -2.33. The second-order valence-electron chi connectivity index (χ2n) is 5.15. The fourth-order valence-corrected chi connectivity index (χ4v) is 3.15. The Bertz CT molecular complexity index is 494. The summed E-state index contributed by atoms with van der Waals surface area (Å²) in [5.74, 6) is -0.671. The first kappa shape index (κ1) is 14.8. The number of nitrogens with zero attached hydrogens (tertiary/aromatic N) is 1. The molecule has 1 heterocycles. The van der Waals surface area contributed by atoms with E-state index in [2.05, 4.69) is 20.8 Å². The maximum atomic E-state index is 11.4. The van der Waals surface area contributed by atoms with Gasteiger partial charge in [0.1, 0.15) is 0 Å². The Kier molecular flexibility index (Phi) is 4.54. The molecule has 0 spiro atoms. The average molecular weight is 347 g/mol. The number of hydrogen-bond acceptors (Lipinski definition) is 2. The van der Waals surface area contributed by atoms with Crippen LogP contribution in [0.25, 0.3) is 0 Å². The van der Waals surface area contributed by atoms with Gasteiger partial charge in [-0.2, -0.15) is 0 Å². The number of benzene rings is 1. The molecular weight excluding hydrogens is 330 g/mol. The van der Waals surface area contributed by atoms with Crippen molar-refractivity contribution in [3.05, 3.63) is 33.3 Å². The molecule has 1 aliphatic heterocycles. The van der Waals surface area contributed by atoms with Gasteiger partial charge in [-0.3, -0.25) is 9.69 Å². The summed E-state index contributed by atoms with van der Waals surface area (Å²) >= 11 is 9.38. The molecule has 5 heteroatoms. The minimum Gasteiger partial charge on any atom is -0.481 e. The van der Waals surface area contributed by atoms with Gasteiger partial charge in [-0.15, -0.1) is 0 Å². The molecule has 0 aliphatic carbocycles. The van der Waals surface area contributed by atoms with E-state index in [1.54, 1.807) is 0 Å². The van der Waals surface area contributed by atoms with Crippen LogP contribution in [0.3, 0.4) is 0 Å². The Morgan fingerprint density at radius 3 is 2.84 bits per heavy atom. The van der Waals surface area contributed by atoms with Gasteiger partial charge in [0.25, 0.3) is 0 Å². The molecule has 0 saturated carbocycles. The van der Waals surface area contributed by atoms with Gasteiger partial charge in [0.2, 0.25) is 0 Å². The maximum absolute atomic E-state index is 11.4. The molecule has 0 aromatic heterocycles. The lowest BCUT2D eigenvalue weighted by molar-refractivity contribution is -0.148. The molecule has 1 atom stereocenters. The monoisotopic (exact) mass is 345 g/mol. The number of rotatable bonds is 4. The van der Waals surface area contributed by atoms with Crippen molar-refractivity contribution in [2.45, 2.75) is 26.3 Å². The largest absolute Gasteiger partial charge is 0.481 e. The van der Waals surface area contributed by atoms with E-state index in [0.29, 0.717) is 18.0 Å². The second kappa shape index (κ2) is 5.81. The topological polar surface area (TPSA) is 40.5 Å². The van der Waals surface area contributed by atoms with E-state index in [0.717, 1.165) is 29.5 Å². The van der Waals surface area contributed by atoms with Crippen LogP contribution in [-0.2, 0) is 11.3 Å². The van der Waals surface area contributed by atoms with Gasteiger partial charge in [0, 0.05) is 17.6 Å². The molecule has 1 N–H and O–H groups in total. The number of carbonyl (C=O) groups is 1. The van der Waals surface area contributed by atoms with Crippen LogP contribution in [0.4, 0.5) is 0 Å². The zero-order valence-electron chi connectivity index (χ0n) is 10.8. The molecule has 1 saturated heterocycles. The average Bonchev–Trinajstić information content (AvgIpc) is 2.79. The summed E-state index contributed by atoms with van der Waals surface area (Å²) in [5, 5.41) is 10.1. The molecule has 1 unspecified atom stereocenters. The molecule has 0 bridgehead atoms. The molecule has 19 heavy (non-hydrogen) atoms. The van der Waals surface area contributed by atoms with Gasteiger partial charge >= 0.3 is 5.97 Å². The summed E-state index contributed by atoms with van der Waals surface area (Å²) in [5.41, 5.74) is 0.581. The highest BCUT2D eigenvalue weighted by molar-refractivity contribution is 9.10. The van der Waals surface area contributed by atoms with Crippen molar-refractivity contribution in [3.63, 3.8) is 0 Å². The maximum Gasteiger partial charge on any atom is 0.310 e. The van der Waals surface area contributed by atoms with Crippen molar-refractivity contribution >= 4 is 33.5 Å². The Labute approximate surface area is 126 Å². The first-order chi connectivity index (χ1) is 8.97. The third kappa shape index (κ3) is 3.12. The summed E-state index contributed by atoms with van der Waals surface area (Å²) in [7, 11) is 0. The van der Waals surface area contributed by atoms with Gasteiger partial charge in [-0.25, -0.2) is 0 Å². The molecule has 2 rings (SSSR count). The van der Waals surface area contributed by atoms with E-state index in [1.807, 2.05) is 25.1 Å². The molecular formula is C14H17BrClNO2. The van der Waals surface area contributed by atoms with Crippen LogP contribution in [0.15, 0.2) is 22.7 Å². The van der Waals surface area contributed by atoms with Gasteiger partial charge in [0.15, 0.2) is 0 Å². The predicted molar refractivity (Wildman–Crippen MR) is 79.4 cm³/mol. The zero-order chi connectivity index (χ0) is 14.0. The SMILES string of the molecule is CCC1(C(=O)O)CCN(Cc2ccc(Cl)c(Br)c2)C1. The Morgan fingerprint density at radius 2 is 2.32 bits per heavy atom. The van der Waals surface area contributed by atoms with Gasteiger partial charge < -0.3 is 5.11 Å². The zero-order valence-corrected chi connectivity index (χ0v) is 13.2. The number of aliphatic carboxylic acids is 1. The van der Waals surface area contributed by atoms with Crippen LogP contribution >= 0.6 is 27.5 Å². The number of carboxylic acid groups (broad SMARTS) is 1. The van der Waals surface area contributed by atoms with E-state index in [1.165, 1.54) is 0 Å². The highest BCUT2D eigenvalue weighted by atomic mass is 79.9. The lowest BCUT2D eigenvalue weighted by Gasteiger charge is -2.23. The summed E-state index contributed by atoms with van der Waals surface area (Å²) in [6, 6.07) is 5.84. The van der Waals surface area contributed by atoms with Crippen LogP contribution in [0.5, 0.6) is 0 Å². The molecule has 104 valence electrons. The van der Waals surface area contributed by atoms with Crippen LogP contribution in [0, 0.1) is 5.41 Å². The molecule has 1 aliphatic rings. The van der Waals surface area contributed by atoms with E-state index in [9.17, 15) is 9.90 Å². The van der Waals surface area contributed by atoms with Crippen molar-refractivity contribution in [1.29, 1.82) is 0 Å². The smallest absolute Gasteiger partial charge is 0.310 e. The van der Waals surface area contributed by atoms with Crippen LogP contribution in [0.2, 0.25) is 5.02 Å². The molecule has 0 amide bonds. The van der Waals surface area contributed by atoms with Crippen molar-refractivity contribution in [2.24, 2.45) is 5.41 Å². The van der Waals surface area contributed by atoms with E-state index in [4.69, 9.17) is 11.6 Å². The van der Waals surface area contributed by atoms with Crippen LogP contribution < -0.4 is 0 Å². The number of likely N-dealkylation sites (tertiary alicyclic amines) is 1.